The second kappa shape index (κ2) is 7.59. The van der Waals surface area contributed by atoms with E-state index in [0.717, 1.165) is 6.07 Å². The molecule has 2 N–H and O–H groups in total. The standard InChI is InChI=1S/C19H19ClF4N2O2/c1-18(2,26-12-8-28-9-12)11-6-15(10-3-4-14(21)13(20)5-10)25-16(7-11)17(27)19(22,23)24/h3-7,12,17,26-27H,8-9H2,1-2H3. The Morgan fingerprint density at radius 3 is 2.43 bits per heavy atom. The molecule has 1 unspecified atom stereocenters. The van der Waals surface area contributed by atoms with Gasteiger partial charge in [0.05, 0.1) is 35.7 Å². The van der Waals surface area contributed by atoms with E-state index in [1.807, 2.05) is 13.8 Å². The fourth-order valence-electron chi connectivity index (χ4n) is 2.94. The number of hydrogen-bond acceptors (Lipinski definition) is 4. The van der Waals surface area contributed by atoms with Crippen molar-refractivity contribution < 1.29 is 27.4 Å². The van der Waals surface area contributed by atoms with Gasteiger partial charge in [0.25, 0.3) is 0 Å². The number of aromatic nitrogens is 1. The summed E-state index contributed by atoms with van der Waals surface area (Å²) in [6.07, 6.45) is -7.62. The molecule has 1 aromatic carbocycles. The van der Waals surface area contributed by atoms with Gasteiger partial charge in [-0.3, -0.25) is 0 Å². The first-order valence-corrected chi connectivity index (χ1v) is 8.93. The molecule has 152 valence electrons. The third-order valence-electron chi connectivity index (χ3n) is 4.58. The third kappa shape index (κ3) is 4.46. The van der Waals surface area contributed by atoms with Crippen LogP contribution in [0.1, 0.15) is 31.2 Å². The van der Waals surface area contributed by atoms with Gasteiger partial charge < -0.3 is 15.2 Å². The van der Waals surface area contributed by atoms with Crippen LogP contribution in [0, 0.1) is 5.82 Å². The zero-order valence-electron chi connectivity index (χ0n) is 15.1. The van der Waals surface area contributed by atoms with Crippen molar-refractivity contribution in [3.05, 3.63) is 52.4 Å². The lowest BCUT2D eigenvalue weighted by Crippen LogP contribution is -2.53. The maximum absolute atomic E-state index is 13.5. The van der Waals surface area contributed by atoms with Gasteiger partial charge in [0.1, 0.15) is 5.82 Å². The number of aliphatic hydroxyl groups is 1. The zero-order chi connectivity index (χ0) is 20.7. The topological polar surface area (TPSA) is 54.4 Å². The Bertz CT molecular complexity index is 869. The zero-order valence-corrected chi connectivity index (χ0v) is 15.9. The number of alkyl halides is 3. The van der Waals surface area contributed by atoms with E-state index in [1.54, 1.807) is 6.07 Å². The molecule has 3 rings (SSSR count). The molecule has 1 saturated heterocycles. The first-order valence-electron chi connectivity index (χ1n) is 8.55. The molecule has 2 heterocycles. The van der Waals surface area contributed by atoms with E-state index in [4.69, 9.17) is 16.3 Å². The minimum atomic E-state index is -4.87. The lowest BCUT2D eigenvalue weighted by atomic mass is 9.90. The van der Waals surface area contributed by atoms with Gasteiger partial charge in [-0.15, -0.1) is 0 Å². The number of nitrogens with zero attached hydrogens (tertiary/aromatic N) is 1. The molecule has 0 saturated carbocycles. The number of ether oxygens (including phenoxy) is 1. The lowest BCUT2D eigenvalue weighted by molar-refractivity contribution is -0.207. The van der Waals surface area contributed by atoms with E-state index < -0.39 is 29.3 Å². The van der Waals surface area contributed by atoms with Crippen molar-refractivity contribution in [1.29, 1.82) is 0 Å². The third-order valence-corrected chi connectivity index (χ3v) is 4.87. The van der Waals surface area contributed by atoms with Crippen LogP contribution in [0.5, 0.6) is 0 Å². The van der Waals surface area contributed by atoms with Gasteiger partial charge in [0.2, 0.25) is 0 Å². The summed E-state index contributed by atoms with van der Waals surface area (Å²) in [5, 5.41) is 12.9. The molecule has 28 heavy (non-hydrogen) atoms. The maximum atomic E-state index is 13.5. The van der Waals surface area contributed by atoms with Crippen molar-refractivity contribution >= 4 is 11.6 Å². The molecule has 0 spiro atoms. The van der Waals surface area contributed by atoms with Crippen molar-refractivity contribution in [3.8, 4) is 11.3 Å². The highest BCUT2D eigenvalue weighted by molar-refractivity contribution is 6.31. The lowest BCUT2D eigenvalue weighted by Gasteiger charge is -2.37. The Morgan fingerprint density at radius 1 is 1.21 bits per heavy atom. The largest absolute Gasteiger partial charge is 0.420 e. The van der Waals surface area contributed by atoms with Crippen LogP contribution in [0.25, 0.3) is 11.3 Å². The van der Waals surface area contributed by atoms with E-state index in [0.29, 0.717) is 24.3 Å². The van der Waals surface area contributed by atoms with Crippen LogP contribution < -0.4 is 5.32 Å². The molecule has 0 bridgehead atoms. The van der Waals surface area contributed by atoms with Gasteiger partial charge in [-0.2, -0.15) is 13.2 Å². The van der Waals surface area contributed by atoms with Gasteiger partial charge in [-0.05, 0) is 49.7 Å². The number of nitrogens with one attached hydrogen (secondary N) is 1. The summed E-state index contributed by atoms with van der Waals surface area (Å²) in [6, 6.07) is 6.66. The van der Waals surface area contributed by atoms with Gasteiger partial charge in [-0.1, -0.05) is 11.6 Å². The molecule has 0 radical (unpaired) electrons. The predicted molar refractivity (Wildman–Crippen MR) is 96.4 cm³/mol. The van der Waals surface area contributed by atoms with Crippen LogP contribution >= 0.6 is 11.6 Å². The molecule has 1 aromatic heterocycles. The molecule has 1 fully saturated rings. The SMILES string of the molecule is CC(C)(NC1COC1)c1cc(-c2ccc(F)c(Cl)c2)nc(C(O)C(F)(F)F)c1. The Labute approximate surface area is 164 Å². The molecular formula is C19H19ClF4N2O2. The molecule has 0 amide bonds. The average Bonchev–Trinajstić information content (AvgIpc) is 2.59. The van der Waals surface area contributed by atoms with Crippen LogP contribution in [-0.2, 0) is 10.3 Å². The maximum Gasteiger partial charge on any atom is 0.420 e. The van der Waals surface area contributed by atoms with Crippen molar-refractivity contribution in [3.63, 3.8) is 0 Å². The molecule has 9 heteroatoms. The summed E-state index contributed by atoms with van der Waals surface area (Å²) in [5.74, 6) is -0.649. The van der Waals surface area contributed by atoms with Crippen LogP contribution in [0.4, 0.5) is 17.6 Å². The predicted octanol–water partition coefficient (Wildman–Crippen LogP) is 4.36. The molecular weight excluding hydrogens is 400 g/mol. The second-order valence-corrected chi connectivity index (χ2v) is 7.65. The van der Waals surface area contributed by atoms with E-state index in [9.17, 15) is 22.7 Å². The second-order valence-electron chi connectivity index (χ2n) is 7.24. The summed E-state index contributed by atoms with van der Waals surface area (Å²) in [5.41, 5.74) is -0.289. The Balaban J connectivity index is 2.09. The fourth-order valence-corrected chi connectivity index (χ4v) is 3.12. The van der Waals surface area contributed by atoms with E-state index in [2.05, 4.69) is 10.3 Å². The molecule has 2 aromatic rings. The Morgan fingerprint density at radius 2 is 1.89 bits per heavy atom. The van der Waals surface area contributed by atoms with Crippen molar-refractivity contribution in [2.75, 3.05) is 13.2 Å². The normalized spacial score (nSPS) is 16.7. The first-order chi connectivity index (χ1) is 13.0. The van der Waals surface area contributed by atoms with Crippen LogP contribution in [0.3, 0.4) is 0 Å². The van der Waals surface area contributed by atoms with E-state index >= 15 is 0 Å². The monoisotopic (exact) mass is 418 g/mol. The van der Waals surface area contributed by atoms with Crippen molar-refractivity contribution in [2.24, 2.45) is 0 Å². The molecule has 1 aliphatic rings. The number of rotatable bonds is 5. The summed E-state index contributed by atoms with van der Waals surface area (Å²) in [7, 11) is 0. The quantitative estimate of drug-likeness (QED) is 0.708. The molecule has 0 aliphatic carbocycles. The smallest absolute Gasteiger partial charge is 0.378 e. The summed E-state index contributed by atoms with van der Waals surface area (Å²) in [4.78, 5) is 3.96. The minimum Gasteiger partial charge on any atom is -0.378 e. The van der Waals surface area contributed by atoms with Gasteiger partial charge in [-0.25, -0.2) is 9.37 Å². The summed E-state index contributed by atoms with van der Waals surface area (Å²) in [6.45, 7) is 4.64. The summed E-state index contributed by atoms with van der Waals surface area (Å²) >= 11 is 5.81. The van der Waals surface area contributed by atoms with E-state index in [1.165, 1.54) is 18.2 Å². The van der Waals surface area contributed by atoms with Crippen molar-refractivity contribution in [1.82, 2.24) is 10.3 Å². The van der Waals surface area contributed by atoms with Gasteiger partial charge >= 0.3 is 6.18 Å². The number of hydrogen-bond donors (Lipinski definition) is 2. The minimum absolute atomic E-state index is 0.0721. The number of benzene rings is 1. The highest BCUT2D eigenvalue weighted by atomic mass is 35.5. The molecule has 1 atom stereocenters. The molecule has 1 aliphatic heterocycles. The number of aliphatic hydroxyl groups excluding tert-OH is 1. The fraction of sp³-hybridized carbons (Fsp3) is 0.421. The highest BCUT2D eigenvalue weighted by Crippen LogP contribution is 2.36. The average molecular weight is 419 g/mol. The van der Waals surface area contributed by atoms with Crippen LogP contribution in [-0.4, -0.2) is 35.5 Å². The van der Waals surface area contributed by atoms with Crippen molar-refractivity contribution in [2.45, 2.75) is 37.7 Å². The Hall–Kier alpha value is -1.74. The molecule has 4 nitrogen and oxygen atoms in total. The van der Waals surface area contributed by atoms with Gasteiger partial charge in [0, 0.05) is 11.1 Å². The van der Waals surface area contributed by atoms with Crippen LogP contribution in [0.2, 0.25) is 5.02 Å². The van der Waals surface area contributed by atoms with Crippen LogP contribution in [0.15, 0.2) is 30.3 Å². The summed E-state index contributed by atoms with van der Waals surface area (Å²) < 4.78 is 57.9. The first kappa shape index (κ1) is 21.0. The van der Waals surface area contributed by atoms with Gasteiger partial charge in [0.15, 0.2) is 6.10 Å². The number of pyridine rings is 1. The highest BCUT2D eigenvalue weighted by Gasteiger charge is 2.41. The Kier molecular flexibility index (Phi) is 5.69. The number of halogens is 5. The van der Waals surface area contributed by atoms with E-state index in [-0.39, 0.29) is 16.8 Å².